The van der Waals surface area contributed by atoms with Gasteiger partial charge in [-0.2, -0.15) is 0 Å². The van der Waals surface area contributed by atoms with Crippen molar-refractivity contribution in [1.29, 1.82) is 0 Å². The van der Waals surface area contributed by atoms with Crippen molar-refractivity contribution in [2.45, 2.75) is 50.2 Å². The van der Waals surface area contributed by atoms with Crippen LogP contribution in [0, 0.1) is 3.57 Å². The standard InChI is InChI=1S/C20H25ISi/c1-2-14-22(20-6-4-3-5-7-20)15-12-18(13-16-22)17-8-10-19(21)11-9-17/h3-11,18H,2,12-16H2,1H3. The molecule has 1 heterocycles. The van der Waals surface area contributed by atoms with E-state index < -0.39 is 8.07 Å². The van der Waals surface area contributed by atoms with Crippen LogP contribution in [0.4, 0.5) is 0 Å². The highest BCUT2D eigenvalue weighted by molar-refractivity contribution is 14.1. The number of halogens is 1. The van der Waals surface area contributed by atoms with Crippen LogP contribution in [0.5, 0.6) is 0 Å². The first-order chi connectivity index (χ1) is 10.7. The van der Waals surface area contributed by atoms with Gasteiger partial charge in [-0.1, -0.05) is 79.1 Å². The van der Waals surface area contributed by atoms with E-state index >= 15 is 0 Å². The molecule has 0 spiro atoms. The first kappa shape index (κ1) is 16.3. The van der Waals surface area contributed by atoms with Crippen molar-refractivity contribution in [2.24, 2.45) is 0 Å². The lowest BCUT2D eigenvalue weighted by atomic mass is 9.94. The van der Waals surface area contributed by atoms with Crippen molar-refractivity contribution in [1.82, 2.24) is 0 Å². The topological polar surface area (TPSA) is 0 Å². The smallest absolute Gasteiger partial charge is 0.0656 e. The summed E-state index contributed by atoms with van der Waals surface area (Å²) in [6.45, 7) is 2.36. The van der Waals surface area contributed by atoms with Gasteiger partial charge >= 0.3 is 0 Å². The van der Waals surface area contributed by atoms with Crippen LogP contribution in [-0.4, -0.2) is 8.07 Å². The zero-order valence-electron chi connectivity index (χ0n) is 13.4. The van der Waals surface area contributed by atoms with Crippen LogP contribution >= 0.6 is 22.6 Å². The lowest BCUT2D eigenvalue weighted by molar-refractivity contribution is 0.600. The molecule has 2 aromatic carbocycles. The zero-order chi connectivity index (χ0) is 15.4. The van der Waals surface area contributed by atoms with Gasteiger partial charge in [0, 0.05) is 3.57 Å². The summed E-state index contributed by atoms with van der Waals surface area (Å²) in [4.78, 5) is 0. The van der Waals surface area contributed by atoms with Crippen LogP contribution in [-0.2, 0) is 0 Å². The Morgan fingerprint density at radius 3 is 2.18 bits per heavy atom. The first-order valence-corrected chi connectivity index (χ1v) is 12.2. The number of hydrogen-bond acceptors (Lipinski definition) is 0. The molecule has 0 saturated carbocycles. The average Bonchev–Trinajstić information content (AvgIpc) is 2.57. The minimum atomic E-state index is -1.25. The van der Waals surface area contributed by atoms with Gasteiger partial charge in [-0.05, 0) is 59.0 Å². The quantitative estimate of drug-likeness (QED) is 0.425. The van der Waals surface area contributed by atoms with Crippen LogP contribution in [0.1, 0.15) is 37.7 Å². The zero-order valence-corrected chi connectivity index (χ0v) is 16.6. The van der Waals surface area contributed by atoms with E-state index in [2.05, 4.69) is 84.1 Å². The monoisotopic (exact) mass is 420 g/mol. The van der Waals surface area contributed by atoms with E-state index in [0.717, 1.165) is 5.92 Å². The van der Waals surface area contributed by atoms with Gasteiger partial charge in [-0.3, -0.25) is 0 Å². The fourth-order valence-corrected chi connectivity index (χ4v) is 9.83. The second-order valence-electron chi connectivity index (χ2n) is 6.72. The summed E-state index contributed by atoms with van der Waals surface area (Å²) in [5.74, 6) is 0.790. The molecule has 1 aliphatic heterocycles. The van der Waals surface area contributed by atoms with Gasteiger partial charge < -0.3 is 0 Å². The molecule has 0 nitrogen and oxygen atoms in total. The largest absolute Gasteiger partial charge is 0.0867 e. The molecule has 0 aliphatic carbocycles. The van der Waals surface area contributed by atoms with Crippen molar-refractivity contribution in [3.05, 3.63) is 63.7 Å². The van der Waals surface area contributed by atoms with Crippen LogP contribution in [0.2, 0.25) is 18.1 Å². The summed E-state index contributed by atoms with van der Waals surface area (Å²) in [5.41, 5.74) is 1.56. The van der Waals surface area contributed by atoms with Gasteiger partial charge in [0.05, 0.1) is 8.07 Å². The summed E-state index contributed by atoms with van der Waals surface area (Å²) >= 11 is 2.40. The Balaban J connectivity index is 1.76. The van der Waals surface area contributed by atoms with Gasteiger partial charge in [0.1, 0.15) is 0 Å². The lowest BCUT2D eigenvalue weighted by Gasteiger charge is -2.39. The third kappa shape index (κ3) is 3.48. The molecule has 1 aliphatic rings. The summed E-state index contributed by atoms with van der Waals surface area (Å²) in [7, 11) is -1.25. The third-order valence-electron chi connectivity index (χ3n) is 5.40. The van der Waals surface area contributed by atoms with Gasteiger partial charge in [-0.15, -0.1) is 0 Å². The van der Waals surface area contributed by atoms with Crippen LogP contribution in [0.3, 0.4) is 0 Å². The normalized spacial score (nSPS) is 25.1. The van der Waals surface area contributed by atoms with Gasteiger partial charge in [0.2, 0.25) is 0 Å². The molecule has 2 heteroatoms. The average molecular weight is 420 g/mol. The Morgan fingerprint density at radius 1 is 0.955 bits per heavy atom. The van der Waals surface area contributed by atoms with Crippen molar-refractivity contribution >= 4 is 35.9 Å². The van der Waals surface area contributed by atoms with Crippen LogP contribution in [0.15, 0.2) is 54.6 Å². The Morgan fingerprint density at radius 2 is 1.59 bits per heavy atom. The highest BCUT2D eigenvalue weighted by atomic mass is 127. The number of rotatable bonds is 4. The lowest BCUT2D eigenvalue weighted by Crippen LogP contribution is -2.49. The second kappa shape index (κ2) is 7.31. The predicted molar refractivity (Wildman–Crippen MR) is 108 cm³/mol. The van der Waals surface area contributed by atoms with Crippen molar-refractivity contribution in [3.8, 4) is 0 Å². The first-order valence-electron chi connectivity index (χ1n) is 8.54. The van der Waals surface area contributed by atoms with E-state index in [9.17, 15) is 0 Å². The molecule has 0 radical (unpaired) electrons. The van der Waals surface area contributed by atoms with E-state index in [4.69, 9.17) is 0 Å². The fraction of sp³-hybridized carbons (Fsp3) is 0.400. The Bertz CT molecular complexity index is 583. The van der Waals surface area contributed by atoms with Crippen molar-refractivity contribution < 1.29 is 0 Å². The predicted octanol–water partition coefficient (Wildman–Crippen LogP) is 5.93. The third-order valence-corrected chi connectivity index (χ3v) is 11.6. The highest BCUT2D eigenvalue weighted by Crippen LogP contribution is 2.40. The fourth-order valence-electron chi connectivity index (χ4n) is 4.19. The molecule has 0 amide bonds. The molecule has 1 fully saturated rings. The maximum Gasteiger partial charge on any atom is 0.0867 e. The SMILES string of the molecule is CCC[Si]1(c2ccccc2)CCC(c2ccc(I)cc2)CC1. The molecule has 0 atom stereocenters. The van der Waals surface area contributed by atoms with Gasteiger partial charge in [0.25, 0.3) is 0 Å². The summed E-state index contributed by atoms with van der Waals surface area (Å²) < 4.78 is 1.34. The Labute approximate surface area is 149 Å². The molecule has 116 valence electrons. The Hall–Kier alpha value is -0.613. The molecular weight excluding hydrogens is 395 g/mol. The molecule has 0 bridgehead atoms. The Kier molecular flexibility index (Phi) is 5.40. The van der Waals surface area contributed by atoms with Crippen LogP contribution < -0.4 is 5.19 Å². The molecular formula is C20H25ISi. The molecule has 1 saturated heterocycles. The molecule has 0 unspecified atom stereocenters. The van der Waals surface area contributed by atoms with Gasteiger partial charge in [-0.25, -0.2) is 0 Å². The van der Waals surface area contributed by atoms with Crippen molar-refractivity contribution in [3.63, 3.8) is 0 Å². The molecule has 0 N–H and O–H groups in total. The molecule has 22 heavy (non-hydrogen) atoms. The van der Waals surface area contributed by atoms with Crippen LogP contribution in [0.25, 0.3) is 0 Å². The maximum atomic E-state index is 2.41. The minimum Gasteiger partial charge on any atom is -0.0656 e. The number of benzene rings is 2. The van der Waals surface area contributed by atoms with E-state index in [1.807, 2.05) is 0 Å². The molecule has 3 rings (SSSR count). The number of hydrogen-bond donors (Lipinski definition) is 0. The van der Waals surface area contributed by atoms with E-state index in [-0.39, 0.29) is 0 Å². The van der Waals surface area contributed by atoms with E-state index in [1.54, 1.807) is 10.8 Å². The second-order valence-corrected chi connectivity index (χ2v) is 12.6. The summed E-state index contributed by atoms with van der Waals surface area (Å²) in [6.07, 6.45) is 4.12. The van der Waals surface area contributed by atoms with Crippen molar-refractivity contribution in [2.75, 3.05) is 0 Å². The highest BCUT2D eigenvalue weighted by Gasteiger charge is 2.38. The summed E-state index contributed by atoms with van der Waals surface area (Å²) in [5, 5.41) is 1.71. The molecule has 0 aromatic heterocycles. The van der Waals surface area contributed by atoms with Gasteiger partial charge in [0.15, 0.2) is 0 Å². The van der Waals surface area contributed by atoms with E-state index in [0.29, 0.717) is 0 Å². The van der Waals surface area contributed by atoms with E-state index in [1.165, 1.54) is 41.0 Å². The minimum absolute atomic E-state index is 0.790. The molecule has 2 aromatic rings. The maximum absolute atomic E-state index is 2.41. The summed E-state index contributed by atoms with van der Waals surface area (Å²) in [6, 6.07) is 25.1.